The maximum atomic E-state index is 12.5. The lowest BCUT2D eigenvalue weighted by atomic mass is 9.92. The predicted octanol–water partition coefficient (Wildman–Crippen LogP) is 0.558. The van der Waals surface area contributed by atoms with Crippen LogP contribution in [0.2, 0.25) is 0 Å². The number of piperidine rings is 1. The highest BCUT2D eigenvalue weighted by molar-refractivity contribution is 6.02. The minimum absolute atomic E-state index is 0.00646. The lowest BCUT2D eigenvalue weighted by Gasteiger charge is -2.38. The van der Waals surface area contributed by atoms with Gasteiger partial charge in [0, 0.05) is 19.1 Å². The second-order valence-corrected chi connectivity index (χ2v) is 5.79. The van der Waals surface area contributed by atoms with Gasteiger partial charge in [0.15, 0.2) is 5.84 Å². The highest BCUT2D eigenvalue weighted by Gasteiger charge is 2.33. The molecular weight excluding hydrogens is 244 g/mol. The summed E-state index contributed by atoms with van der Waals surface area (Å²) in [5, 5.41) is 11.8. The Morgan fingerprint density at radius 3 is 2.58 bits per heavy atom. The van der Waals surface area contributed by atoms with Crippen LogP contribution in [0.15, 0.2) is 5.16 Å². The fourth-order valence-corrected chi connectivity index (χ4v) is 2.59. The van der Waals surface area contributed by atoms with E-state index in [4.69, 9.17) is 10.9 Å². The number of likely N-dealkylation sites (N-methyl/N-ethyl adjacent to an activating group) is 1. The van der Waals surface area contributed by atoms with Crippen LogP contribution in [0.5, 0.6) is 0 Å². The smallest absolute Gasteiger partial charge is 0.233 e. The van der Waals surface area contributed by atoms with E-state index in [0.717, 1.165) is 19.4 Å². The first-order valence-electron chi connectivity index (χ1n) is 6.81. The van der Waals surface area contributed by atoms with Gasteiger partial charge in [-0.25, -0.2) is 0 Å². The molecule has 2 unspecified atom stereocenters. The number of nitrogens with zero attached hydrogens (tertiary/aromatic N) is 3. The number of likely N-dealkylation sites (tertiary alicyclic amines) is 1. The maximum absolute atomic E-state index is 12.5. The van der Waals surface area contributed by atoms with Crippen molar-refractivity contribution in [3.05, 3.63) is 0 Å². The number of hydrogen-bond acceptors (Lipinski definition) is 4. The van der Waals surface area contributed by atoms with Gasteiger partial charge in [-0.05, 0) is 32.9 Å². The number of hydrogen-bond donors (Lipinski definition) is 2. The van der Waals surface area contributed by atoms with Crippen molar-refractivity contribution in [1.29, 1.82) is 0 Å². The van der Waals surface area contributed by atoms with Crippen LogP contribution in [0.3, 0.4) is 0 Å². The number of carbonyl (C=O) groups excluding carboxylic acids is 1. The molecule has 0 saturated carbocycles. The Morgan fingerprint density at radius 1 is 1.47 bits per heavy atom. The second-order valence-electron chi connectivity index (χ2n) is 5.79. The molecule has 1 aliphatic rings. The summed E-state index contributed by atoms with van der Waals surface area (Å²) in [5.74, 6) is -0.544. The van der Waals surface area contributed by atoms with Gasteiger partial charge in [0.2, 0.25) is 5.91 Å². The largest absolute Gasteiger partial charge is 0.409 e. The van der Waals surface area contributed by atoms with Crippen LogP contribution < -0.4 is 5.73 Å². The molecule has 0 spiro atoms. The summed E-state index contributed by atoms with van der Waals surface area (Å²) < 4.78 is 0. The van der Waals surface area contributed by atoms with Crippen LogP contribution in [0.1, 0.15) is 26.7 Å². The minimum Gasteiger partial charge on any atom is -0.409 e. The van der Waals surface area contributed by atoms with Crippen LogP contribution in [0.25, 0.3) is 0 Å². The van der Waals surface area contributed by atoms with Crippen LogP contribution >= 0.6 is 0 Å². The summed E-state index contributed by atoms with van der Waals surface area (Å²) >= 11 is 0. The van der Waals surface area contributed by atoms with Gasteiger partial charge >= 0.3 is 0 Å². The third kappa shape index (κ3) is 3.83. The number of rotatable bonds is 4. The van der Waals surface area contributed by atoms with Gasteiger partial charge in [-0.15, -0.1) is 0 Å². The van der Waals surface area contributed by atoms with Crippen LogP contribution in [-0.4, -0.2) is 60.0 Å². The van der Waals surface area contributed by atoms with Gasteiger partial charge in [-0.3, -0.25) is 4.79 Å². The predicted molar refractivity (Wildman–Crippen MR) is 75.0 cm³/mol. The molecule has 1 fully saturated rings. The standard InChI is InChI=1S/C13H26N4O2/c1-9(2)11(12(14)15-19)13(18)17-7-5-6-10(8-17)16(3)4/h9-11,19H,5-8H2,1-4H3,(H2,14,15). The van der Waals surface area contributed by atoms with Crippen molar-refractivity contribution >= 4 is 11.7 Å². The Balaban J connectivity index is 2.79. The van der Waals surface area contributed by atoms with Crippen molar-refractivity contribution < 1.29 is 10.0 Å². The summed E-state index contributed by atoms with van der Waals surface area (Å²) in [5.41, 5.74) is 5.66. The topological polar surface area (TPSA) is 82.2 Å². The van der Waals surface area contributed by atoms with Crippen molar-refractivity contribution in [3.8, 4) is 0 Å². The van der Waals surface area contributed by atoms with Crippen molar-refractivity contribution in [3.63, 3.8) is 0 Å². The lowest BCUT2D eigenvalue weighted by Crippen LogP contribution is -2.52. The number of amides is 1. The monoisotopic (exact) mass is 270 g/mol. The summed E-state index contributed by atoms with van der Waals surface area (Å²) in [4.78, 5) is 16.5. The van der Waals surface area contributed by atoms with E-state index in [-0.39, 0.29) is 17.7 Å². The van der Waals surface area contributed by atoms with E-state index in [2.05, 4.69) is 10.1 Å². The van der Waals surface area contributed by atoms with Crippen molar-refractivity contribution in [2.75, 3.05) is 27.2 Å². The van der Waals surface area contributed by atoms with E-state index < -0.39 is 5.92 Å². The summed E-state index contributed by atoms with van der Waals surface area (Å²) in [6, 6.07) is 0.387. The number of nitrogens with two attached hydrogens (primary N) is 1. The SMILES string of the molecule is CC(C)C(C(=O)N1CCCC(N(C)C)C1)C(N)=NO. The number of amidine groups is 1. The van der Waals surface area contributed by atoms with Gasteiger partial charge in [-0.2, -0.15) is 0 Å². The molecule has 1 saturated heterocycles. The highest BCUT2D eigenvalue weighted by Crippen LogP contribution is 2.20. The van der Waals surface area contributed by atoms with Crippen LogP contribution in [0, 0.1) is 11.8 Å². The molecule has 19 heavy (non-hydrogen) atoms. The molecule has 2 atom stereocenters. The molecule has 1 aliphatic heterocycles. The highest BCUT2D eigenvalue weighted by atomic mass is 16.4. The quantitative estimate of drug-likeness (QED) is 0.338. The Bertz CT molecular complexity index is 342. The molecular formula is C13H26N4O2. The van der Waals surface area contributed by atoms with E-state index in [0.29, 0.717) is 12.6 Å². The van der Waals surface area contributed by atoms with Gasteiger partial charge < -0.3 is 20.7 Å². The Kier molecular flexibility index (Phi) is 5.60. The third-order valence-electron chi connectivity index (χ3n) is 3.81. The fourth-order valence-electron chi connectivity index (χ4n) is 2.59. The van der Waals surface area contributed by atoms with E-state index in [1.165, 1.54) is 0 Å². The molecule has 0 aliphatic carbocycles. The summed E-state index contributed by atoms with van der Waals surface area (Å²) in [6.45, 7) is 5.29. The maximum Gasteiger partial charge on any atom is 0.233 e. The summed E-state index contributed by atoms with van der Waals surface area (Å²) in [7, 11) is 4.06. The molecule has 1 amide bonds. The minimum atomic E-state index is -0.536. The zero-order valence-electron chi connectivity index (χ0n) is 12.3. The molecule has 0 radical (unpaired) electrons. The average Bonchev–Trinajstić information content (AvgIpc) is 2.38. The molecule has 6 heteroatoms. The molecule has 0 bridgehead atoms. The molecule has 1 heterocycles. The van der Waals surface area contributed by atoms with Gasteiger partial charge in [0.05, 0.1) is 0 Å². The average molecular weight is 270 g/mol. The first-order valence-corrected chi connectivity index (χ1v) is 6.81. The molecule has 0 aromatic heterocycles. The molecule has 0 aromatic rings. The van der Waals surface area contributed by atoms with Crippen LogP contribution in [0.4, 0.5) is 0 Å². The lowest BCUT2D eigenvalue weighted by molar-refractivity contribution is -0.136. The molecule has 110 valence electrons. The van der Waals surface area contributed by atoms with E-state index in [9.17, 15) is 4.79 Å². The first kappa shape index (κ1) is 15.8. The molecule has 3 N–H and O–H groups in total. The molecule has 6 nitrogen and oxygen atoms in total. The zero-order chi connectivity index (χ0) is 14.6. The van der Waals surface area contributed by atoms with E-state index in [1.807, 2.05) is 32.8 Å². The normalized spacial score (nSPS) is 22.9. The number of carbonyl (C=O) groups is 1. The second kappa shape index (κ2) is 6.75. The first-order chi connectivity index (χ1) is 8.88. The van der Waals surface area contributed by atoms with Gasteiger partial charge in [-0.1, -0.05) is 19.0 Å². The van der Waals surface area contributed by atoms with Crippen molar-refractivity contribution in [1.82, 2.24) is 9.80 Å². The van der Waals surface area contributed by atoms with Crippen LogP contribution in [-0.2, 0) is 4.79 Å². The van der Waals surface area contributed by atoms with Crippen molar-refractivity contribution in [2.24, 2.45) is 22.7 Å². The van der Waals surface area contributed by atoms with Gasteiger partial charge in [0.25, 0.3) is 0 Å². The molecule has 1 rings (SSSR count). The zero-order valence-corrected chi connectivity index (χ0v) is 12.3. The Labute approximate surface area is 115 Å². The van der Waals surface area contributed by atoms with E-state index in [1.54, 1.807) is 0 Å². The summed E-state index contributed by atoms with van der Waals surface area (Å²) in [6.07, 6.45) is 2.10. The Hall–Kier alpha value is -1.30. The van der Waals surface area contributed by atoms with Gasteiger partial charge in [0.1, 0.15) is 5.92 Å². The van der Waals surface area contributed by atoms with E-state index >= 15 is 0 Å². The fraction of sp³-hybridized carbons (Fsp3) is 0.846. The molecule has 0 aromatic carbocycles. The number of oxime groups is 1. The van der Waals surface area contributed by atoms with Crippen molar-refractivity contribution in [2.45, 2.75) is 32.7 Å². The third-order valence-corrected chi connectivity index (χ3v) is 3.81. The Morgan fingerprint density at radius 2 is 2.11 bits per heavy atom.